The first kappa shape index (κ1) is 12.0. The molecule has 2 heteroatoms. The van der Waals surface area contributed by atoms with Gasteiger partial charge < -0.3 is 4.90 Å². The number of hydrogen-bond donors (Lipinski definition) is 0. The molecule has 0 fully saturated rings. The summed E-state index contributed by atoms with van der Waals surface area (Å²) in [6.07, 6.45) is 3.11. The third-order valence-corrected chi connectivity index (χ3v) is 2.60. The van der Waals surface area contributed by atoms with Crippen molar-refractivity contribution in [3.8, 4) is 0 Å². The predicted octanol–water partition coefficient (Wildman–Crippen LogP) is 3.19. The average Bonchev–Trinajstić information content (AvgIpc) is 2.63. The van der Waals surface area contributed by atoms with Gasteiger partial charge in [0, 0.05) is 18.8 Å². The molecule has 0 aromatic carbocycles. The predicted molar refractivity (Wildman–Crippen MR) is 66.5 cm³/mol. The molecule has 1 aromatic heterocycles. The van der Waals surface area contributed by atoms with Crippen LogP contribution in [-0.2, 0) is 6.42 Å². The number of fused-ring (bicyclic) bond motifs is 1. The number of pyridine rings is 1. The molecule has 1 aliphatic heterocycles. The summed E-state index contributed by atoms with van der Waals surface area (Å²) in [5, 5.41) is 0. The summed E-state index contributed by atoms with van der Waals surface area (Å²) in [7, 11) is 0. The molecule has 0 unspecified atom stereocenters. The number of rotatable bonds is 1. The SMILES string of the molecule is CC.Cc1cnc2c(c1)CCN2C(C)C. The molecule has 0 N–H and O–H groups in total. The Morgan fingerprint density at radius 3 is 2.60 bits per heavy atom. The normalized spacial score (nSPS) is 13.6. The van der Waals surface area contributed by atoms with Crippen LogP contribution in [0.4, 0.5) is 5.82 Å². The molecular weight excluding hydrogens is 184 g/mol. The highest BCUT2D eigenvalue weighted by atomic mass is 15.2. The van der Waals surface area contributed by atoms with Gasteiger partial charge in [-0.25, -0.2) is 4.98 Å². The summed E-state index contributed by atoms with van der Waals surface area (Å²) >= 11 is 0. The zero-order valence-corrected chi connectivity index (χ0v) is 10.5. The maximum Gasteiger partial charge on any atom is 0.132 e. The van der Waals surface area contributed by atoms with Gasteiger partial charge in [0.25, 0.3) is 0 Å². The molecule has 0 spiro atoms. The van der Waals surface area contributed by atoms with Crippen LogP contribution in [0.3, 0.4) is 0 Å². The largest absolute Gasteiger partial charge is 0.354 e. The highest BCUT2D eigenvalue weighted by molar-refractivity contribution is 5.53. The van der Waals surface area contributed by atoms with E-state index in [1.807, 2.05) is 20.0 Å². The zero-order valence-electron chi connectivity index (χ0n) is 10.5. The van der Waals surface area contributed by atoms with Crippen LogP contribution in [0.2, 0.25) is 0 Å². The van der Waals surface area contributed by atoms with Crippen LogP contribution in [0.5, 0.6) is 0 Å². The smallest absolute Gasteiger partial charge is 0.132 e. The van der Waals surface area contributed by atoms with Gasteiger partial charge in [-0.2, -0.15) is 0 Å². The van der Waals surface area contributed by atoms with Crippen molar-refractivity contribution in [3.63, 3.8) is 0 Å². The van der Waals surface area contributed by atoms with E-state index in [4.69, 9.17) is 0 Å². The second kappa shape index (κ2) is 5.15. The van der Waals surface area contributed by atoms with Crippen LogP contribution in [-0.4, -0.2) is 17.6 Å². The molecule has 1 aliphatic rings. The van der Waals surface area contributed by atoms with E-state index in [2.05, 4.69) is 36.7 Å². The Bertz CT molecular complexity index is 318. The van der Waals surface area contributed by atoms with Crippen LogP contribution in [0.15, 0.2) is 12.3 Å². The van der Waals surface area contributed by atoms with Gasteiger partial charge in [-0.3, -0.25) is 0 Å². The molecule has 0 atom stereocenters. The monoisotopic (exact) mass is 206 g/mol. The van der Waals surface area contributed by atoms with E-state index in [0.29, 0.717) is 6.04 Å². The number of hydrogen-bond acceptors (Lipinski definition) is 2. The van der Waals surface area contributed by atoms with Crippen LogP contribution < -0.4 is 4.90 Å². The Labute approximate surface area is 93.3 Å². The topological polar surface area (TPSA) is 16.1 Å². The second-order valence-corrected chi connectivity index (χ2v) is 4.03. The molecule has 0 aliphatic carbocycles. The van der Waals surface area contributed by atoms with Crippen molar-refractivity contribution < 1.29 is 0 Å². The van der Waals surface area contributed by atoms with Gasteiger partial charge in [0.15, 0.2) is 0 Å². The molecule has 0 bridgehead atoms. The van der Waals surface area contributed by atoms with E-state index < -0.39 is 0 Å². The average molecular weight is 206 g/mol. The maximum absolute atomic E-state index is 4.49. The van der Waals surface area contributed by atoms with Gasteiger partial charge in [0.1, 0.15) is 5.82 Å². The molecule has 0 radical (unpaired) electrons. The Morgan fingerprint density at radius 1 is 1.33 bits per heavy atom. The quantitative estimate of drug-likeness (QED) is 0.701. The number of aromatic nitrogens is 1. The summed E-state index contributed by atoms with van der Waals surface area (Å²) in [4.78, 5) is 6.86. The molecule has 1 aromatic rings. The number of anilines is 1. The summed E-state index contributed by atoms with van der Waals surface area (Å²) in [5.74, 6) is 1.20. The van der Waals surface area contributed by atoms with E-state index in [1.54, 1.807) is 0 Å². The van der Waals surface area contributed by atoms with Gasteiger partial charge in [-0.15, -0.1) is 0 Å². The first-order valence-electron chi connectivity index (χ1n) is 5.90. The van der Waals surface area contributed by atoms with Crippen molar-refractivity contribution >= 4 is 5.82 Å². The van der Waals surface area contributed by atoms with Crippen LogP contribution >= 0.6 is 0 Å². The van der Waals surface area contributed by atoms with E-state index in [-0.39, 0.29) is 0 Å². The highest BCUT2D eigenvalue weighted by Gasteiger charge is 2.21. The van der Waals surface area contributed by atoms with Crippen molar-refractivity contribution in [1.82, 2.24) is 4.98 Å². The molecule has 15 heavy (non-hydrogen) atoms. The summed E-state index contributed by atoms with van der Waals surface area (Å²) in [5.41, 5.74) is 2.68. The van der Waals surface area contributed by atoms with Crippen molar-refractivity contribution in [2.75, 3.05) is 11.4 Å². The number of nitrogens with zero attached hydrogens (tertiary/aromatic N) is 2. The zero-order chi connectivity index (χ0) is 11.4. The summed E-state index contributed by atoms with van der Waals surface area (Å²) in [6.45, 7) is 11.7. The van der Waals surface area contributed by atoms with Gasteiger partial charge in [0.2, 0.25) is 0 Å². The van der Waals surface area contributed by atoms with Gasteiger partial charge in [-0.1, -0.05) is 19.9 Å². The Kier molecular flexibility index (Phi) is 4.13. The van der Waals surface area contributed by atoms with E-state index >= 15 is 0 Å². The van der Waals surface area contributed by atoms with Crippen LogP contribution in [0.25, 0.3) is 0 Å². The Morgan fingerprint density at radius 2 is 2.00 bits per heavy atom. The standard InChI is InChI=1S/C11H16N2.C2H6/c1-8(2)13-5-4-10-6-9(3)7-12-11(10)13;1-2/h6-8H,4-5H2,1-3H3;1-2H3. The van der Waals surface area contributed by atoms with E-state index in [9.17, 15) is 0 Å². The lowest BCUT2D eigenvalue weighted by Crippen LogP contribution is -2.28. The van der Waals surface area contributed by atoms with Crippen LogP contribution in [0, 0.1) is 6.92 Å². The van der Waals surface area contributed by atoms with Crippen molar-refractivity contribution in [2.24, 2.45) is 0 Å². The van der Waals surface area contributed by atoms with E-state index in [1.165, 1.54) is 16.9 Å². The minimum atomic E-state index is 0.566. The lowest BCUT2D eigenvalue weighted by molar-refractivity contribution is 0.703. The fraction of sp³-hybridized carbons (Fsp3) is 0.615. The lowest BCUT2D eigenvalue weighted by atomic mass is 10.2. The minimum Gasteiger partial charge on any atom is -0.354 e. The van der Waals surface area contributed by atoms with Crippen LogP contribution in [0.1, 0.15) is 38.8 Å². The third-order valence-electron chi connectivity index (χ3n) is 2.60. The Hall–Kier alpha value is -1.05. The lowest BCUT2D eigenvalue weighted by Gasteiger charge is -2.22. The molecule has 0 saturated heterocycles. The fourth-order valence-corrected chi connectivity index (χ4v) is 1.91. The van der Waals surface area contributed by atoms with Crippen molar-refractivity contribution in [2.45, 2.75) is 47.1 Å². The number of aryl methyl sites for hydroxylation is 1. The molecule has 0 saturated carbocycles. The van der Waals surface area contributed by atoms with Gasteiger partial charge >= 0.3 is 0 Å². The molecule has 84 valence electrons. The minimum absolute atomic E-state index is 0.566. The maximum atomic E-state index is 4.49. The fourth-order valence-electron chi connectivity index (χ4n) is 1.91. The first-order valence-corrected chi connectivity index (χ1v) is 5.90. The second-order valence-electron chi connectivity index (χ2n) is 4.03. The summed E-state index contributed by atoms with van der Waals surface area (Å²) in [6, 6.07) is 2.82. The Balaban J connectivity index is 0.000000531. The summed E-state index contributed by atoms with van der Waals surface area (Å²) < 4.78 is 0. The molecule has 2 nitrogen and oxygen atoms in total. The molecule has 2 heterocycles. The van der Waals surface area contributed by atoms with E-state index in [0.717, 1.165) is 13.0 Å². The third kappa shape index (κ3) is 2.49. The highest BCUT2D eigenvalue weighted by Crippen LogP contribution is 2.27. The molecule has 0 amide bonds. The van der Waals surface area contributed by atoms with Gasteiger partial charge in [0.05, 0.1) is 0 Å². The van der Waals surface area contributed by atoms with Crippen molar-refractivity contribution in [3.05, 3.63) is 23.4 Å². The molecule has 2 rings (SSSR count). The van der Waals surface area contributed by atoms with Gasteiger partial charge in [-0.05, 0) is 38.3 Å². The van der Waals surface area contributed by atoms with Crippen molar-refractivity contribution in [1.29, 1.82) is 0 Å². The molecular formula is C13H22N2. The first-order chi connectivity index (χ1) is 7.18.